The summed E-state index contributed by atoms with van der Waals surface area (Å²) in [6.07, 6.45) is 2.40. The van der Waals surface area contributed by atoms with Crippen LogP contribution in [-0.2, 0) is 10.0 Å². The summed E-state index contributed by atoms with van der Waals surface area (Å²) in [5.41, 5.74) is 1.71. The highest BCUT2D eigenvalue weighted by molar-refractivity contribution is 7.89. The summed E-state index contributed by atoms with van der Waals surface area (Å²) >= 11 is 0. The van der Waals surface area contributed by atoms with E-state index in [1.807, 2.05) is 36.4 Å². The zero-order chi connectivity index (χ0) is 21.8. The van der Waals surface area contributed by atoms with Gasteiger partial charge in [-0.25, -0.2) is 13.1 Å². The highest BCUT2D eigenvalue weighted by atomic mass is 32.2. The molecule has 4 rings (SSSR count). The Hall–Kier alpha value is -2.48. The van der Waals surface area contributed by atoms with Crippen LogP contribution in [0.25, 0.3) is 10.9 Å². The van der Waals surface area contributed by atoms with E-state index in [1.54, 1.807) is 18.3 Å². The lowest BCUT2D eigenvalue weighted by Crippen LogP contribution is -2.37. The van der Waals surface area contributed by atoms with E-state index in [9.17, 15) is 8.42 Å². The van der Waals surface area contributed by atoms with Crippen LogP contribution >= 0.6 is 0 Å². The average Bonchev–Trinajstić information content (AvgIpc) is 3.20. The Morgan fingerprint density at radius 1 is 1.13 bits per heavy atom. The lowest BCUT2D eigenvalue weighted by Gasteiger charge is -2.19. The molecule has 3 aromatic rings. The Balaban J connectivity index is 1.34. The van der Waals surface area contributed by atoms with E-state index in [1.165, 1.54) is 5.56 Å². The van der Waals surface area contributed by atoms with Gasteiger partial charge in [-0.05, 0) is 42.6 Å². The smallest absolute Gasteiger partial charge is 0.243 e. The maximum absolute atomic E-state index is 13.0. The fourth-order valence-corrected chi connectivity index (χ4v) is 5.52. The molecule has 0 aliphatic carbocycles. The van der Waals surface area contributed by atoms with Gasteiger partial charge in [0.1, 0.15) is 17.3 Å². The quantitative estimate of drug-likeness (QED) is 0.578. The van der Waals surface area contributed by atoms with E-state index in [0.717, 1.165) is 30.6 Å². The van der Waals surface area contributed by atoms with Gasteiger partial charge in [-0.15, -0.1) is 0 Å². The van der Waals surface area contributed by atoms with Gasteiger partial charge in [0, 0.05) is 30.7 Å². The molecule has 1 aliphatic rings. The second-order valence-electron chi connectivity index (χ2n) is 8.28. The monoisotopic (exact) mass is 439 g/mol. The summed E-state index contributed by atoms with van der Waals surface area (Å²) < 4.78 is 34.9. The van der Waals surface area contributed by atoms with Crippen LogP contribution in [0, 0.1) is 0 Å². The minimum Gasteiger partial charge on any atom is -0.492 e. The number of ether oxygens (including phenoxy) is 1. The van der Waals surface area contributed by atoms with Gasteiger partial charge in [-0.3, -0.25) is 9.88 Å². The molecule has 0 saturated carbocycles. The Morgan fingerprint density at radius 2 is 1.94 bits per heavy atom. The number of sulfonamides is 1. The molecular weight excluding hydrogens is 410 g/mol. The van der Waals surface area contributed by atoms with Crippen LogP contribution in [0.4, 0.5) is 0 Å². The van der Waals surface area contributed by atoms with Crippen molar-refractivity contribution < 1.29 is 13.2 Å². The lowest BCUT2D eigenvalue weighted by atomic mass is 10.0. The summed E-state index contributed by atoms with van der Waals surface area (Å²) in [7, 11) is -3.64. The fourth-order valence-electron chi connectivity index (χ4n) is 4.08. The van der Waals surface area contributed by atoms with Gasteiger partial charge >= 0.3 is 0 Å². The first-order valence-corrected chi connectivity index (χ1v) is 12.2. The van der Waals surface area contributed by atoms with Crippen LogP contribution in [0.2, 0.25) is 0 Å². The third kappa shape index (κ3) is 5.06. The van der Waals surface area contributed by atoms with Crippen LogP contribution in [0.15, 0.2) is 65.7 Å². The molecule has 2 heterocycles. The number of para-hydroxylation sites is 2. The molecule has 0 radical (unpaired) electrons. The lowest BCUT2D eigenvalue weighted by molar-refractivity contribution is 0.234. The van der Waals surface area contributed by atoms with E-state index in [4.69, 9.17) is 4.74 Å². The Kier molecular flexibility index (Phi) is 6.55. The van der Waals surface area contributed by atoms with Crippen molar-refractivity contribution >= 4 is 20.9 Å². The first-order chi connectivity index (χ1) is 14.9. The minimum absolute atomic E-state index is 0.119. The molecule has 1 aromatic heterocycles. The molecule has 1 atom stereocenters. The third-order valence-electron chi connectivity index (χ3n) is 5.69. The van der Waals surface area contributed by atoms with Gasteiger partial charge in [-0.1, -0.05) is 50.2 Å². The Labute approximate surface area is 184 Å². The summed E-state index contributed by atoms with van der Waals surface area (Å²) in [5.74, 6) is 1.34. The molecular formula is C24H29N3O3S. The predicted octanol–water partition coefficient (Wildman–Crippen LogP) is 3.79. The van der Waals surface area contributed by atoms with Crippen molar-refractivity contribution in [1.82, 2.24) is 14.6 Å². The van der Waals surface area contributed by atoms with Gasteiger partial charge < -0.3 is 4.74 Å². The molecule has 31 heavy (non-hydrogen) atoms. The van der Waals surface area contributed by atoms with E-state index in [-0.39, 0.29) is 10.9 Å². The standard InChI is InChI=1S/C24H29N3O3S/c1-18(2)21-9-3-4-10-22(21)30-16-15-27-14-12-20(17-27)26-31(28,29)23-11-5-7-19-8-6-13-25-24(19)23/h3-11,13,18,20,26H,12,14-17H2,1-2H3. The third-order valence-corrected chi connectivity index (χ3v) is 7.24. The number of pyridine rings is 1. The molecule has 7 heteroatoms. The van der Waals surface area contributed by atoms with E-state index >= 15 is 0 Å². The first kappa shape index (κ1) is 21.7. The molecule has 6 nitrogen and oxygen atoms in total. The number of nitrogens with zero attached hydrogens (tertiary/aromatic N) is 2. The van der Waals surface area contributed by atoms with Crippen molar-refractivity contribution in [2.45, 2.75) is 37.1 Å². The number of benzene rings is 2. The van der Waals surface area contributed by atoms with Crippen molar-refractivity contribution in [2.75, 3.05) is 26.2 Å². The van der Waals surface area contributed by atoms with Crippen LogP contribution in [0.1, 0.15) is 31.7 Å². The number of rotatable bonds is 8. The number of likely N-dealkylation sites (tertiary alicyclic amines) is 1. The second-order valence-corrected chi connectivity index (χ2v) is 9.96. The highest BCUT2D eigenvalue weighted by Gasteiger charge is 2.28. The molecule has 1 N–H and O–H groups in total. The number of fused-ring (bicyclic) bond motifs is 1. The summed E-state index contributed by atoms with van der Waals surface area (Å²) in [5, 5.41) is 0.817. The maximum atomic E-state index is 13.0. The number of aromatic nitrogens is 1. The Morgan fingerprint density at radius 3 is 2.77 bits per heavy atom. The predicted molar refractivity (Wildman–Crippen MR) is 123 cm³/mol. The summed E-state index contributed by atoms with van der Waals surface area (Å²) in [4.78, 5) is 6.76. The molecule has 0 amide bonds. The molecule has 1 saturated heterocycles. The summed E-state index contributed by atoms with van der Waals surface area (Å²) in [6.45, 7) is 7.18. The molecule has 0 bridgehead atoms. The van der Waals surface area contributed by atoms with Crippen molar-refractivity contribution in [3.8, 4) is 5.75 Å². The van der Waals surface area contributed by atoms with Gasteiger partial charge in [0.25, 0.3) is 0 Å². The zero-order valence-corrected chi connectivity index (χ0v) is 18.8. The van der Waals surface area contributed by atoms with Crippen LogP contribution in [0.5, 0.6) is 5.75 Å². The van der Waals surface area contributed by atoms with Crippen molar-refractivity contribution in [2.24, 2.45) is 0 Å². The minimum atomic E-state index is -3.64. The van der Waals surface area contributed by atoms with E-state index in [0.29, 0.717) is 24.6 Å². The van der Waals surface area contributed by atoms with Crippen molar-refractivity contribution in [3.63, 3.8) is 0 Å². The van der Waals surface area contributed by atoms with Gasteiger partial charge in [0.2, 0.25) is 10.0 Å². The summed E-state index contributed by atoms with van der Waals surface area (Å²) in [6, 6.07) is 16.9. The topological polar surface area (TPSA) is 71.5 Å². The SMILES string of the molecule is CC(C)c1ccccc1OCCN1CCC(NS(=O)(=O)c2cccc3cccnc23)C1. The fraction of sp³-hybridized carbons (Fsp3) is 0.375. The zero-order valence-electron chi connectivity index (χ0n) is 18.0. The normalized spacial score (nSPS) is 17.5. The maximum Gasteiger partial charge on any atom is 0.243 e. The molecule has 1 fully saturated rings. The number of nitrogens with one attached hydrogen (secondary N) is 1. The highest BCUT2D eigenvalue weighted by Crippen LogP contribution is 2.26. The molecule has 0 spiro atoms. The van der Waals surface area contributed by atoms with Gasteiger partial charge in [0.05, 0.1) is 5.52 Å². The molecule has 2 aromatic carbocycles. The van der Waals surface area contributed by atoms with Crippen molar-refractivity contribution in [1.29, 1.82) is 0 Å². The molecule has 1 aliphatic heterocycles. The van der Waals surface area contributed by atoms with Gasteiger partial charge in [0.15, 0.2) is 0 Å². The van der Waals surface area contributed by atoms with Crippen LogP contribution < -0.4 is 9.46 Å². The first-order valence-electron chi connectivity index (χ1n) is 10.7. The average molecular weight is 440 g/mol. The molecule has 1 unspecified atom stereocenters. The number of hydrogen-bond acceptors (Lipinski definition) is 5. The van der Waals surface area contributed by atoms with E-state index in [2.05, 4.69) is 34.5 Å². The second kappa shape index (κ2) is 9.34. The van der Waals surface area contributed by atoms with E-state index < -0.39 is 10.0 Å². The van der Waals surface area contributed by atoms with Gasteiger partial charge in [-0.2, -0.15) is 0 Å². The largest absolute Gasteiger partial charge is 0.492 e. The van der Waals surface area contributed by atoms with Crippen molar-refractivity contribution in [3.05, 3.63) is 66.4 Å². The van der Waals surface area contributed by atoms with Crippen LogP contribution in [-0.4, -0.2) is 50.6 Å². The Bertz CT molecular complexity index is 1140. The van der Waals surface area contributed by atoms with Crippen LogP contribution in [0.3, 0.4) is 0 Å². The molecule has 164 valence electrons. The number of hydrogen-bond donors (Lipinski definition) is 1.